The van der Waals surface area contributed by atoms with Gasteiger partial charge in [-0.25, -0.2) is 0 Å². The fraction of sp³-hybridized carbons (Fsp3) is 0. The summed E-state index contributed by atoms with van der Waals surface area (Å²) >= 11 is 15.3. The number of carbonyl (C=O) groups is 1. The number of rotatable bonds is 3. The van der Waals surface area contributed by atoms with E-state index in [2.05, 4.69) is 21.2 Å². The first-order valence-electron chi connectivity index (χ1n) is 5.75. The summed E-state index contributed by atoms with van der Waals surface area (Å²) in [5.74, 6) is -0.269. The van der Waals surface area contributed by atoms with Crippen molar-refractivity contribution in [2.75, 3.05) is 5.32 Å². The number of anilines is 1. The van der Waals surface area contributed by atoms with Crippen molar-refractivity contribution in [3.8, 4) is 0 Å². The highest BCUT2D eigenvalue weighted by Crippen LogP contribution is 2.25. The molecule has 0 bridgehead atoms. The Morgan fingerprint density at radius 1 is 1.10 bits per heavy atom. The van der Waals surface area contributed by atoms with E-state index in [1.807, 2.05) is 18.2 Å². The molecule has 2 aromatic rings. The number of hydrogen-bond acceptors (Lipinski definition) is 1. The van der Waals surface area contributed by atoms with Crippen LogP contribution in [0.15, 0.2) is 53.0 Å². The molecule has 0 saturated carbocycles. The SMILES string of the molecule is O=C(/C=C/c1ccccc1Cl)Nc1ccc(Br)cc1Cl. The number of nitrogens with one attached hydrogen (secondary N) is 1. The third-order valence-electron chi connectivity index (χ3n) is 2.51. The van der Waals surface area contributed by atoms with Gasteiger partial charge in [0.25, 0.3) is 0 Å². The predicted octanol–water partition coefficient (Wildman–Crippen LogP) is 5.41. The van der Waals surface area contributed by atoms with Crippen molar-refractivity contribution in [2.45, 2.75) is 0 Å². The molecule has 0 fully saturated rings. The number of hydrogen-bond donors (Lipinski definition) is 1. The zero-order valence-electron chi connectivity index (χ0n) is 10.2. The van der Waals surface area contributed by atoms with Crippen molar-refractivity contribution >= 4 is 56.8 Å². The molecule has 1 N–H and O–H groups in total. The minimum Gasteiger partial charge on any atom is -0.321 e. The molecule has 0 aliphatic rings. The van der Waals surface area contributed by atoms with E-state index >= 15 is 0 Å². The summed E-state index contributed by atoms with van der Waals surface area (Å²) in [7, 11) is 0. The Morgan fingerprint density at radius 3 is 2.55 bits per heavy atom. The van der Waals surface area contributed by atoms with Gasteiger partial charge in [0, 0.05) is 15.6 Å². The first-order chi connectivity index (χ1) is 9.56. The highest BCUT2D eigenvalue weighted by Gasteiger charge is 2.04. The lowest BCUT2D eigenvalue weighted by Crippen LogP contribution is -2.08. The summed E-state index contributed by atoms with van der Waals surface area (Å²) in [5, 5.41) is 3.77. The van der Waals surface area contributed by atoms with Crippen LogP contribution in [-0.2, 0) is 4.79 Å². The Bertz CT molecular complexity index is 671. The van der Waals surface area contributed by atoms with Crippen molar-refractivity contribution in [1.29, 1.82) is 0 Å². The molecular weight excluding hydrogens is 361 g/mol. The highest BCUT2D eigenvalue weighted by molar-refractivity contribution is 9.10. The third-order valence-corrected chi connectivity index (χ3v) is 3.66. The minimum absolute atomic E-state index is 0.269. The van der Waals surface area contributed by atoms with Gasteiger partial charge in [0.1, 0.15) is 0 Å². The second-order valence-corrected chi connectivity index (χ2v) is 5.70. The Morgan fingerprint density at radius 2 is 1.85 bits per heavy atom. The van der Waals surface area contributed by atoms with Crippen molar-refractivity contribution < 1.29 is 4.79 Å². The zero-order chi connectivity index (χ0) is 14.5. The monoisotopic (exact) mass is 369 g/mol. The molecule has 2 nitrogen and oxygen atoms in total. The predicted molar refractivity (Wildman–Crippen MR) is 88.3 cm³/mol. The van der Waals surface area contributed by atoms with Gasteiger partial charge < -0.3 is 5.32 Å². The molecule has 0 unspecified atom stereocenters. The molecule has 0 heterocycles. The van der Waals surface area contributed by atoms with E-state index in [0.29, 0.717) is 15.7 Å². The standard InChI is InChI=1S/C15H10BrCl2NO/c16-11-6-7-14(13(18)9-11)19-15(20)8-5-10-3-1-2-4-12(10)17/h1-9H,(H,19,20)/b8-5+. The van der Waals surface area contributed by atoms with E-state index in [1.54, 1.807) is 30.3 Å². The summed E-state index contributed by atoms with van der Waals surface area (Å²) in [6.07, 6.45) is 3.07. The van der Waals surface area contributed by atoms with Gasteiger partial charge in [0.05, 0.1) is 10.7 Å². The van der Waals surface area contributed by atoms with Crippen molar-refractivity contribution in [3.05, 3.63) is 68.6 Å². The average molecular weight is 371 g/mol. The summed E-state index contributed by atoms with van der Waals surface area (Å²) in [6.45, 7) is 0. The molecule has 0 aromatic heterocycles. The quantitative estimate of drug-likeness (QED) is 0.719. The first kappa shape index (κ1) is 15.1. The Kier molecular flexibility index (Phi) is 5.24. The van der Waals surface area contributed by atoms with E-state index in [0.717, 1.165) is 10.0 Å². The fourth-order valence-corrected chi connectivity index (χ4v) is 2.46. The number of benzene rings is 2. The largest absolute Gasteiger partial charge is 0.321 e. The number of halogens is 3. The lowest BCUT2D eigenvalue weighted by atomic mass is 10.2. The summed E-state index contributed by atoms with van der Waals surface area (Å²) in [4.78, 5) is 11.8. The van der Waals surface area contributed by atoms with Crippen LogP contribution in [0, 0.1) is 0 Å². The van der Waals surface area contributed by atoms with Crippen LogP contribution in [0.3, 0.4) is 0 Å². The van der Waals surface area contributed by atoms with Crippen LogP contribution in [0.4, 0.5) is 5.69 Å². The van der Waals surface area contributed by atoms with Crippen LogP contribution in [0.5, 0.6) is 0 Å². The molecule has 0 spiro atoms. The molecular formula is C15H10BrCl2NO. The van der Waals surface area contributed by atoms with Crippen LogP contribution in [0.1, 0.15) is 5.56 Å². The van der Waals surface area contributed by atoms with Crippen molar-refractivity contribution in [3.63, 3.8) is 0 Å². The van der Waals surface area contributed by atoms with Gasteiger partial charge in [-0.3, -0.25) is 4.79 Å². The Hall–Kier alpha value is -1.29. The Labute approximate surface area is 135 Å². The van der Waals surface area contributed by atoms with Crippen molar-refractivity contribution in [2.24, 2.45) is 0 Å². The first-order valence-corrected chi connectivity index (χ1v) is 7.30. The molecule has 2 rings (SSSR count). The molecule has 5 heteroatoms. The number of carbonyl (C=O) groups excluding carboxylic acids is 1. The molecule has 0 radical (unpaired) electrons. The van der Waals surface area contributed by atoms with Crippen LogP contribution >= 0.6 is 39.1 Å². The zero-order valence-corrected chi connectivity index (χ0v) is 13.3. The lowest BCUT2D eigenvalue weighted by Gasteiger charge is -2.05. The van der Waals surface area contributed by atoms with Gasteiger partial charge in [-0.05, 0) is 35.9 Å². The average Bonchev–Trinajstić information content (AvgIpc) is 2.41. The van der Waals surface area contributed by atoms with Gasteiger partial charge in [-0.2, -0.15) is 0 Å². The second-order valence-electron chi connectivity index (χ2n) is 3.97. The van der Waals surface area contributed by atoms with E-state index in [-0.39, 0.29) is 5.91 Å². The topological polar surface area (TPSA) is 29.1 Å². The molecule has 0 saturated heterocycles. The van der Waals surface area contributed by atoms with Crippen molar-refractivity contribution in [1.82, 2.24) is 0 Å². The maximum atomic E-state index is 11.8. The van der Waals surface area contributed by atoms with Crippen LogP contribution in [-0.4, -0.2) is 5.91 Å². The second kappa shape index (κ2) is 6.93. The number of amides is 1. The molecule has 0 aliphatic heterocycles. The van der Waals surface area contributed by atoms with Gasteiger partial charge in [-0.15, -0.1) is 0 Å². The fourth-order valence-electron chi connectivity index (χ4n) is 1.54. The van der Waals surface area contributed by atoms with Crippen LogP contribution < -0.4 is 5.32 Å². The highest BCUT2D eigenvalue weighted by atomic mass is 79.9. The van der Waals surface area contributed by atoms with E-state index in [9.17, 15) is 4.79 Å². The normalized spacial score (nSPS) is 10.8. The van der Waals surface area contributed by atoms with E-state index < -0.39 is 0 Å². The molecule has 0 atom stereocenters. The maximum Gasteiger partial charge on any atom is 0.248 e. The van der Waals surface area contributed by atoms with Crippen LogP contribution in [0.25, 0.3) is 6.08 Å². The minimum atomic E-state index is -0.269. The van der Waals surface area contributed by atoms with Gasteiger partial charge in [-0.1, -0.05) is 57.3 Å². The third kappa shape index (κ3) is 4.10. The molecule has 20 heavy (non-hydrogen) atoms. The van der Waals surface area contributed by atoms with Crippen LogP contribution in [0.2, 0.25) is 10.0 Å². The van der Waals surface area contributed by atoms with Gasteiger partial charge >= 0.3 is 0 Å². The molecule has 2 aromatic carbocycles. The van der Waals surface area contributed by atoms with Gasteiger partial charge in [0.2, 0.25) is 5.91 Å². The lowest BCUT2D eigenvalue weighted by molar-refractivity contribution is -0.111. The summed E-state index contributed by atoms with van der Waals surface area (Å²) in [5.41, 5.74) is 1.34. The van der Waals surface area contributed by atoms with Gasteiger partial charge in [0.15, 0.2) is 0 Å². The molecule has 102 valence electrons. The maximum absolute atomic E-state index is 11.8. The summed E-state index contributed by atoms with van der Waals surface area (Å²) < 4.78 is 0.854. The van der Waals surface area contributed by atoms with E-state index in [4.69, 9.17) is 23.2 Å². The molecule has 0 aliphatic carbocycles. The molecule has 1 amide bonds. The smallest absolute Gasteiger partial charge is 0.248 e. The van der Waals surface area contributed by atoms with E-state index in [1.165, 1.54) is 6.08 Å². The summed E-state index contributed by atoms with van der Waals surface area (Å²) in [6, 6.07) is 12.5. The Balaban J connectivity index is 2.08.